The highest BCUT2D eigenvalue weighted by Gasteiger charge is 2.53. The molecular formula is C21H28N4O. The predicted molar refractivity (Wildman–Crippen MR) is 102 cm³/mol. The number of carbonyl (C=O) groups excluding carboxylic acids is 1. The van der Waals surface area contributed by atoms with Crippen molar-refractivity contribution >= 4 is 5.91 Å². The Balaban J connectivity index is 1.63. The Labute approximate surface area is 155 Å². The Kier molecular flexibility index (Phi) is 4.57. The Morgan fingerprint density at radius 3 is 2.85 bits per heavy atom. The van der Waals surface area contributed by atoms with E-state index in [2.05, 4.69) is 52.0 Å². The van der Waals surface area contributed by atoms with Crippen LogP contribution in [0.2, 0.25) is 0 Å². The van der Waals surface area contributed by atoms with Crippen LogP contribution >= 0.6 is 0 Å². The number of aromatic nitrogens is 2. The Hall–Kier alpha value is -2.14. The van der Waals surface area contributed by atoms with Crippen LogP contribution in [0.3, 0.4) is 0 Å². The molecule has 0 saturated carbocycles. The van der Waals surface area contributed by atoms with E-state index in [0.717, 1.165) is 32.5 Å². The first-order valence-electron chi connectivity index (χ1n) is 9.69. The summed E-state index contributed by atoms with van der Waals surface area (Å²) in [4.78, 5) is 15.7. The summed E-state index contributed by atoms with van der Waals surface area (Å²) in [6.45, 7) is 7.48. The second-order valence-corrected chi connectivity index (χ2v) is 7.95. The van der Waals surface area contributed by atoms with Crippen LogP contribution in [0.25, 0.3) is 0 Å². The third-order valence-electron chi connectivity index (χ3n) is 5.98. The van der Waals surface area contributed by atoms with Crippen molar-refractivity contribution in [1.82, 2.24) is 20.0 Å². The molecule has 26 heavy (non-hydrogen) atoms. The lowest BCUT2D eigenvalue weighted by Crippen LogP contribution is -2.51. The van der Waals surface area contributed by atoms with Crippen molar-refractivity contribution < 1.29 is 4.79 Å². The summed E-state index contributed by atoms with van der Waals surface area (Å²) in [5, 5.41) is 8.03. The zero-order valence-electron chi connectivity index (χ0n) is 15.7. The summed E-state index contributed by atoms with van der Waals surface area (Å²) >= 11 is 0. The Morgan fingerprint density at radius 2 is 2.08 bits per heavy atom. The van der Waals surface area contributed by atoms with E-state index in [4.69, 9.17) is 0 Å². The molecule has 5 nitrogen and oxygen atoms in total. The van der Waals surface area contributed by atoms with Crippen molar-refractivity contribution in [3.05, 3.63) is 53.9 Å². The zero-order chi connectivity index (χ0) is 18.1. The standard InChI is InChI=1S/C21H28N4O/c1-16(2)25-19(9-11-23-25)18-13-22-15-21(18)10-6-12-24(20(21)26)14-17-7-4-3-5-8-17/h3-5,7-9,11,16,18,22H,6,10,12-15H2,1-2H3/t18-,21+/m0/s1. The number of amides is 1. The van der Waals surface area contributed by atoms with Gasteiger partial charge in [-0.3, -0.25) is 9.48 Å². The van der Waals surface area contributed by atoms with Crippen LogP contribution in [0.1, 0.15) is 49.9 Å². The van der Waals surface area contributed by atoms with Gasteiger partial charge in [-0.25, -0.2) is 0 Å². The van der Waals surface area contributed by atoms with Gasteiger partial charge in [0.15, 0.2) is 0 Å². The second kappa shape index (κ2) is 6.88. The number of nitrogens with zero attached hydrogens (tertiary/aromatic N) is 3. The van der Waals surface area contributed by atoms with Gasteiger partial charge in [0.05, 0.1) is 5.41 Å². The first-order valence-corrected chi connectivity index (χ1v) is 9.69. The highest BCUT2D eigenvalue weighted by molar-refractivity contribution is 5.85. The van der Waals surface area contributed by atoms with Crippen LogP contribution in [0, 0.1) is 5.41 Å². The molecule has 1 amide bonds. The number of nitrogens with one attached hydrogen (secondary N) is 1. The molecule has 0 bridgehead atoms. The van der Waals surface area contributed by atoms with Gasteiger partial charge in [0.1, 0.15) is 0 Å². The van der Waals surface area contributed by atoms with Gasteiger partial charge >= 0.3 is 0 Å². The molecule has 2 atom stereocenters. The lowest BCUT2D eigenvalue weighted by atomic mass is 9.70. The predicted octanol–water partition coefficient (Wildman–Crippen LogP) is 2.96. The zero-order valence-corrected chi connectivity index (χ0v) is 15.7. The SMILES string of the molecule is CC(C)n1nccc1[C@@H]1CNC[C@]12CCCN(Cc1ccccc1)C2=O. The molecule has 138 valence electrons. The third kappa shape index (κ3) is 2.84. The van der Waals surface area contributed by atoms with Gasteiger partial charge in [-0.05, 0) is 38.3 Å². The molecule has 1 aromatic carbocycles. The first kappa shape index (κ1) is 17.3. The van der Waals surface area contributed by atoms with Crippen molar-refractivity contribution in [2.75, 3.05) is 19.6 Å². The van der Waals surface area contributed by atoms with Gasteiger partial charge in [-0.1, -0.05) is 30.3 Å². The minimum Gasteiger partial charge on any atom is -0.338 e. The van der Waals surface area contributed by atoms with Crippen molar-refractivity contribution in [1.29, 1.82) is 0 Å². The molecule has 0 radical (unpaired) electrons. The maximum Gasteiger partial charge on any atom is 0.231 e. The largest absolute Gasteiger partial charge is 0.338 e. The third-order valence-corrected chi connectivity index (χ3v) is 5.98. The highest BCUT2D eigenvalue weighted by Crippen LogP contribution is 2.47. The van der Waals surface area contributed by atoms with Gasteiger partial charge < -0.3 is 10.2 Å². The molecule has 1 aromatic heterocycles. The number of piperidine rings is 1. The fraction of sp³-hybridized carbons (Fsp3) is 0.524. The fourth-order valence-electron chi connectivity index (χ4n) is 4.73. The quantitative estimate of drug-likeness (QED) is 0.920. The molecule has 1 spiro atoms. The number of benzene rings is 1. The first-order chi connectivity index (χ1) is 12.6. The van der Waals surface area contributed by atoms with E-state index < -0.39 is 0 Å². The molecule has 4 rings (SSSR count). The average Bonchev–Trinajstić information content (AvgIpc) is 3.27. The monoisotopic (exact) mass is 352 g/mol. The number of likely N-dealkylation sites (tertiary alicyclic amines) is 1. The van der Waals surface area contributed by atoms with E-state index in [9.17, 15) is 4.79 Å². The van der Waals surface area contributed by atoms with E-state index >= 15 is 0 Å². The van der Waals surface area contributed by atoms with Crippen LogP contribution in [-0.2, 0) is 11.3 Å². The highest BCUT2D eigenvalue weighted by atomic mass is 16.2. The van der Waals surface area contributed by atoms with Crippen LogP contribution in [0.15, 0.2) is 42.6 Å². The van der Waals surface area contributed by atoms with Gasteiger partial charge in [0.25, 0.3) is 0 Å². The van der Waals surface area contributed by atoms with E-state index in [1.807, 2.05) is 24.4 Å². The summed E-state index contributed by atoms with van der Waals surface area (Å²) in [5.41, 5.74) is 2.06. The van der Waals surface area contributed by atoms with Crippen LogP contribution in [0.4, 0.5) is 0 Å². The van der Waals surface area contributed by atoms with Crippen molar-refractivity contribution in [2.45, 2.75) is 45.2 Å². The summed E-state index contributed by atoms with van der Waals surface area (Å²) in [7, 11) is 0. The molecule has 5 heteroatoms. The Morgan fingerprint density at radius 1 is 1.27 bits per heavy atom. The smallest absolute Gasteiger partial charge is 0.231 e. The summed E-state index contributed by atoms with van der Waals surface area (Å²) in [6, 6.07) is 12.7. The van der Waals surface area contributed by atoms with E-state index in [0.29, 0.717) is 18.5 Å². The minimum absolute atomic E-state index is 0.193. The van der Waals surface area contributed by atoms with Gasteiger partial charge in [0.2, 0.25) is 5.91 Å². The summed E-state index contributed by atoms with van der Waals surface area (Å²) in [6.07, 6.45) is 3.89. The van der Waals surface area contributed by atoms with E-state index in [1.54, 1.807) is 0 Å². The topological polar surface area (TPSA) is 50.2 Å². The van der Waals surface area contributed by atoms with E-state index in [1.165, 1.54) is 11.3 Å². The van der Waals surface area contributed by atoms with Gasteiger partial charge in [-0.2, -0.15) is 5.10 Å². The van der Waals surface area contributed by atoms with Crippen LogP contribution < -0.4 is 5.32 Å². The summed E-state index contributed by atoms with van der Waals surface area (Å²) < 4.78 is 2.09. The molecule has 2 aliphatic rings. The molecule has 1 N–H and O–H groups in total. The molecule has 3 heterocycles. The van der Waals surface area contributed by atoms with Crippen molar-refractivity contribution in [3.63, 3.8) is 0 Å². The lowest BCUT2D eigenvalue weighted by Gasteiger charge is -2.42. The molecule has 2 aromatic rings. The second-order valence-electron chi connectivity index (χ2n) is 7.95. The van der Waals surface area contributed by atoms with Crippen LogP contribution in [0.5, 0.6) is 0 Å². The summed E-state index contributed by atoms with van der Waals surface area (Å²) in [5.74, 6) is 0.498. The molecule has 0 aliphatic carbocycles. The van der Waals surface area contributed by atoms with E-state index in [-0.39, 0.29) is 11.3 Å². The average molecular weight is 352 g/mol. The Bertz CT molecular complexity index is 769. The lowest BCUT2D eigenvalue weighted by molar-refractivity contribution is -0.147. The molecule has 2 fully saturated rings. The molecule has 0 unspecified atom stereocenters. The number of rotatable bonds is 4. The van der Waals surface area contributed by atoms with Crippen LogP contribution in [-0.4, -0.2) is 40.2 Å². The number of hydrogen-bond donors (Lipinski definition) is 1. The van der Waals surface area contributed by atoms with Crippen molar-refractivity contribution in [2.24, 2.45) is 5.41 Å². The maximum atomic E-state index is 13.6. The normalized spacial score (nSPS) is 26.2. The number of hydrogen-bond acceptors (Lipinski definition) is 3. The van der Waals surface area contributed by atoms with Gasteiger partial charge in [-0.15, -0.1) is 0 Å². The molecule has 2 saturated heterocycles. The molecule has 2 aliphatic heterocycles. The van der Waals surface area contributed by atoms with Gasteiger partial charge in [0, 0.05) is 50.0 Å². The van der Waals surface area contributed by atoms with Crippen molar-refractivity contribution in [3.8, 4) is 0 Å². The number of carbonyl (C=O) groups is 1. The fourth-order valence-corrected chi connectivity index (χ4v) is 4.73. The minimum atomic E-state index is -0.334. The maximum absolute atomic E-state index is 13.6. The molecular weight excluding hydrogens is 324 g/mol.